The first-order valence-corrected chi connectivity index (χ1v) is 13.3. The first kappa shape index (κ1) is 25.4. The zero-order valence-electron chi connectivity index (χ0n) is 19.2. The molecule has 7 heteroatoms. The molecule has 1 saturated heterocycles. The summed E-state index contributed by atoms with van der Waals surface area (Å²) in [6.45, 7) is 6.91. The molecular formula is C23H41O6P. The molecule has 2 unspecified atom stereocenters. The molecule has 0 amide bonds. The number of fused-ring (bicyclic) bond motifs is 1. The van der Waals surface area contributed by atoms with Crippen molar-refractivity contribution in [2.24, 2.45) is 11.8 Å². The second-order valence-electron chi connectivity index (χ2n) is 9.00. The van der Waals surface area contributed by atoms with Crippen molar-refractivity contribution in [1.29, 1.82) is 0 Å². The van der Waals surface area contributed by atoms with E-state index in [-0.39, 0.29) is 19.1 Å². The van der Waals surface area contributed by atoms with Gasteiger partial charge in [-0.3, -0.25) is 9.05 Å². The third kappa shape index (κ3) is 9.11. The van der Waals surface area contributed by atoms with Gasteiger partial charge in [-0.1, -0.05) is 84.5 Å². The van der Waals surface area contributed by atoms with Crippen LogP contribution in [0, 0.1) is 11.8 Å². The zero-order chi connectivity index (χ0) is 21.8. The Morgan fingerprint density at radius 1 is 0.933 bits per heavy atom. The molecule has 174 valence electrons. The van der Waals surface area contributed by atoms with Crippen LogP contribution in [0.15, 0.2) is 11.3 Å². The molecule has 2 rings (SSSR count). The van der Waals surface area contributed by atoms with Crippen molar-refractivity contribution in [1.82, 2.24) is 0 Å². The average molecular weight is 445 g/mol. The Morgan fingerprint density at radius 3 is 2.10 bits per heavy atom. The summed E-state index contributed by atoms with van der Waals surface area (Å²) < 4.78 is 33.9. The smallest absolute Gasteiger partial charge is 0.461 e. The van der Waals surface area contributed by atoms with Crippen LogP contribution < -0.4 is 0 Å². The molecule has 0 radical (unpaired) electrons. The minimum Gasteiger partial charge on any atom is -0.461 e. The zero-order valence-corrected chi connectivity index (χ0v) is 20.1. The predicted octanol–water partition coefficient (Wildman–Crippen LogP) is 6.94. The summed E-state index contributed by atoms with van der Waals surface area (Å²) in [6.07, 6.45) is 15.1. The van der Waals surface area contributed by atoms with Gasteiger partial charge in [0.2, 0.25) is 0 Å². The molecule has 1 fully saturated rings. The Bertz CT molecular complexity index is 601. The molecule has 30 heavy (non-hydrogen) atoms. The van der Waals surface area contributed by atoms with Crippen LogP contribution in [-0.2, 0) is 27.7 Å². The fraction of sp³-hybridized carbons (Fsp3) is 0.870. The first-order valence-electron chi connectivity index (χ1n) is 11.9. The normalized spacial score (nSPS) is 24.0. The van der Waals surface area contributed by atoms with E-state index < -0.39 is 13.8 Å². The van der Waals surface area contributed by atoms with Gasteiger partial charge in [0.25, 0.3) is 0 Å². The van der Waals surface area contributed by atoms with E-state index in [9.17, 15) is 9.36 Å². The quantitative estimate of drug-likeness (QED) is 0.155. The summed E-state index contributed by atoms with van der Waals surface area (Å²) in [4.78, 5) is 11.7. The van der Waals surface area contributed by atoms with Crippen LogP contribution >= 0.6 is 7.82 Å². The lowest BCUT2D eigenvalue weighted by atomic mass is 10.0. The van der Waals surface area contributed by atoms with Crippen LogP contribution in [0.4, 0.5) is 0 Å². The van der Waals surface area contributed by atoms with E-state index in [1.165, 1.54) is 64.2 Å². The standard InChI is InChI=1S/C23H41O6P/c1-19(2)15-13-11-9-7-5-4-6-8-10-12-14-16-27-30(25)28-18-21-17-26-23(24)22(21)20(3)29-30/h19,21H,4-18H2,1-3H3. The minimum atomic E-state index is -3.65. The molecule has 6 nitrogen and oxygen atoms in total. The molecule has 2 heterocycles. The Hall–Kier alpha value is -0.840. The lowest BCUT2D eigenvalue weighted by Gasteiger charge is -2.17. The second-order valence-corrected chi connectivity index (χ2v) is 10.6. The molecule has 0 saturated carbocycles. The first-order chi connectivity index (χ1) is 14.4. The van der Waals surface area contributed by atoms with Gasteiger partial charge in [-0.2, -0.15) is 0 Å². The van der Waals surface area contributed by atoms with E-state index in [4.69, 9.17) is 18.3 Å². The monoisotopic (exact) mass is 444 g/mol. The Labute approximate surface area is 182 Å². The van der Waals surface area contributed by atoms with Crippen molar-refractivity contribution in [2.75, 3.05) is 19.8 Å². The summed E-state index contributed by atoms with van der Waals surface area (Å²) in [5.41, 5.74) is 0.423. The number of carbonyl (C=O) groups is 1. The molecule has 2 atom stereocenters. The summed E-state index contributed by atoms with van der Waals surface area (Å²) in [6, 6.07) is 0. The van der Waals surface area contributed by atoms with Crippen LogP contribution in [0.2, 0.25) is 0 Å². The number of rotatable bonds is 15. The fourth-order valence-corrected chi connectivity index (χ4v) is 5.31. The molecular weight excluding hydrogens is 403 g/mol. The fourth-order valence-electron chi connectivity index (χ4n) is 3.98. The van der Waals surface area contributed by atoms with Crippen molar-refractivity contribution in [3.8, 4) is 0 Å². The highest BCUT2D eigenvalue weighted by Gasteiger charge is 2.42. The number of cyclic esters (lactones) is 1. The van der Waals surface area contributed by atoms with Crippen LogP contribution in [0.5, 0.6) is 0 Å². The van der Waals surface area contributed by atoms with Crippen LogP contribution in [0.3, 0.4) is 0 Å². The van der Waals surface area contributed by atoms with Gasteiger partial charge in [0.15, 0.2) is 0 Å². The molecule has 0 aromatic rings. The predicted molar refractivity (Wildman–Crippen MR) is 118 cm³/mol. The van der Waals surface area contributed by atoms with E-state index in [1.807, 2.05) is 0 Å². The van der Waals surface area contributed by atoms with Crippen molar-refractivity contribution in [3.05, 3.63) is 11.3 Å². The van der Waals surface area contributed by atoms with E-state index in [0.29, 0.717) is 17.9 Å². The van der Waals surface area contributed by atoms with E-state index in [0.717, 1.165) is 18.8 Å². The number of hydrogen-bond donors (Lipinski definition) is 0. The Morgan fingerprint density at radius 2 is 1.50 bits per heavy atom. The minimum absolute atomic E-state index is 0.118. The van der Waals surface area contributed by atoms with Crippen LogP contribution in [-0.4, -0.2) is 25.8 Å². The molecule has 0 bridgehead atoms. The van der Waals surface area contributed by atoms with Gasteiger partial charge in [0.1, 0.15) is 12.4 Å². The van der Waals surface area contributed by atoms with E-state index in [1.54, 1.807) is 6.92 Å². The van der Waals surface area contributed by atoms with Crippen molar-refractivity contribution < 1.29 is 27.7 Å². The largest absolute Gasteiger partial charge is 0.529 e. The van der Waals surface area contributed by atoms with Gasteiger partial charge in [0.05, 0.1) is 24.7 Å². The number of esters is 1. The summed E-state index contributed by atoms with van der Waals surface area (Å²) in [5.74, 6) is 0.492. The number of phosphoric acid groups is 1. The highest BCUT2D eigenvalue weighted by Crippen LogP contribution is 2.54. The maximum Gasteiger partial charge on any atom is 0.529 e. The van der Waals surface area contributed by atoms with Gasteiger partial charge in [-0.05, 0) is 19.3 Å². The van der Waals surface area contributed by atoms with Crippen molar-refractivity contribution in [2.45, 2.75) is 97.8 Å². The molecule has 0 aromatic heterocycles. The third-order valence-electron chi connectivity index (χ3n) is 5.78. The van der Waals surface area contributed by atoms with Crippen LogP contribution in [0.1, 0.15) is 97.8 Å². The van der Waals surface area contributed by atoms with Crippen molar-refractivity contribution >= 4 is 13.8 Å². The van der Waals surface area contributed by atoms with Gasteiger partial charge < -0.3 is 9.26 Å². The van der Waals surface area contributed by atoms with Gasteiger partial charge in [0, 0.05) is 0 Å². The number of carbonyl (C=O) groups excluding carboxylic acids is 1. The third-order valence-corrected chi connectivity index (χ3v) is 7.24. The maximum atomic E-state index is 12.7. The maximum absolute atomic E-state index is 12.7. The molecule has 0 N–H and O–H groups in total. The van der Waals surface area contributed by atoms with Gasteiger partial charge in [-0.25, -0.2) is 9.36 Å². The lowest BCUT2D eigenvalue weighted by Crippen LogP contribution is -2.10. The van der Waals surface area contributed by atoms with E-state index in [2.05, 4.69) is 13.8 Å². The molecule has 0 spiro atoms. The molecule has 0 aliphatic carbocycles. The van der Waals surface area contributed by atoms with Crippen molar-refractivity contribution in [3.63, 3.8) is 0 Å². The van der Waals surface area contributed by atoms with Gasteiger partial charge in [-0.15, -0.1) is 0 Å². The van der Waals surface area contributed by atoms with Gasteiger partial charge >= 0.3 is 13.8 Å². The topological polar surface area (TPSA) is 71.1 Å². The highest BCUT2D eigenvalue weighted by atomic mass is 31.2. The molecule has 0 aromatic carbocycles. The molecule has 2 aliphatic heterocycles. The number of hydrogen-bond acceptors (Lipinski definition) is 6. The number of allylic oxidation sites excluding steroid dienone is 1. The number of phosphoric ester groups is 1. The Balaban J connectivity index is 1.45. The summed E-state index contributed by atoms with van der Waals surface area (Å²) >= 11 is 0. The SMILES string of the molecule is CC1=C2C(=O)OCC2COP(=O)(OCCCCCCCCCCCCCC(C)C)O1. The highest BCUT2D eigenvalue weighted by molar-refractivity contribution is 7.48. The summed E-state index contributed by atoms with van der Waals surface area (Å²) in [7, 11) is -3.65. The van der Waals surface area contributed by atoms with Crippen LogP contribution in [0.25, 0.3) is 0 Å². The summed E-state index contributed by atoms with van der Waals surface area (Å²) in [5, 5.41) is 0. The average Bonchev–Trinajstić information content (AvgIpc) is 3.01. The lowest BCUT2D eigenvalue weighted by molar-refractivity contribution is -0.135. The number of unbranched alkanes of at least 4 members (excludes halogenated alkanes) is 10. The number of ether oxygens (including phenoxy) is 1. The Kier molecular flexibility index (Phi) is 11.5. The van der Waals surface area contributed by atoms with E-state index >= 15 is 0 Å². The second kappa shape index (κ2) is 13.5. The molecule has 2 aliphatic rings.